The molecule has 2 aromatic carbocycles. The molecular formula is C15H19N5O4. The summed E-state index contributed by atoms with van der Waals surface area (Å²) in [6.45, 7) is 0.700. The van der Waals surface area contributed by atoms with Crippen molar-refractivity contribution in [3.8, 4) is 17.2 Å². The van der Waals surface area contributed by atoms with Crippen LogP contribution in [0.5, 0.6) is 17.2 Å². The number of likely N-dealkylation sites (N-methyl/N-ethyl adjacent to an activating group) is 1. The summed E-state index contributed by atoms with van der Waals surface area (Å²) in [6.07, 6.45) is 0. The maximum atomic E-state index is 10.2. The average Bonchev–Trinajstić information content (AvgIpc) is 2.56. The van der Waals surface area contributed by atoms with Crippen molar-refractivity contribution in [2.24, 2.45) is 11.0 Å². The molecule has 128 valence electrons. The van der Waals surface area contributed by atoms with Crippen LogP contribution in [0.1, 0.15) is 0 Å². The van der Waals surface area contributed by atoms with E-state index in [9.17, 15) is 15.3 Å². The lowest BCUT2D eigenvalue weighted by atomic mass is 10.2. The molecule has 0 bridgehead atoms. The highest BCUT2D eigenvalue weighted by Crippen LogP contribution is 2.39. The number of nitrogens with two attached hydrogens (primary N) is 1. The van der Waals surface area contributed by atoms with E-state index in [1.54, 1.807) is 18.0 Å². The van der Waals surface area contributed by atoms with E-state index in [1.165, 1.54) is 24.3 Å². The highest BCUT2D eigenvalue weighted by molar-refractivity contribution is 5.75. The topological polar surface area (TPSA) is 147 Å². The van der Waals surface area contributed by atoms with E-state index in [0.29, 0.717) is 17.9 Å². The molecule has 2 aromatic rings. The van der Waals surface area contributed by atoms with Gasteiger partial charge in [0.1, 0.15) is 22.9 Å². The molecule has 0 saturated carbocycles. The quantitative estimate of drug-likeness (QED) is 0.197. The summed E-state index contributed by atoms with van der Waals surface area (Å²) < 4.78 is 0. The minimum atomic E-state index is -0.170. The van der Waals surface area contributed by atoms with Gasteiger partial charge in [0, 0.05) is 37.5 Å². The predicted octanol–water partition coefficient (Wildman–Crippen LogP) is 2.54. The van der Waals surface area contributed by atoms with Gasteiger partial charge >= 0.3 is 0 Å². The Bertz CT molecular complexity index is 738. The zero-order valence-corrected chi connectivity index (χ0v) is 13.0. The molecule has 0 atom stereocenters. The summed E-state index contributed by atoms with van der Waals surface area (Å²) in [4.78, 5) is 6.18. The third kappa shape index (κ3) is 3.83. The fourth-order valence-electron chi connectivity index (χ4n) is 2.13. The summed E-state index contributed by atoms with van der Waals surface area (Å²) in [6, 6.07) is 7.17. The predicted molar refractivity (Wildman–Crippen MR) is 89.4 cm³/mol. The van der Waals surface area contributed by atoms with Crippen molar-refractivity contribution in [1.82, 2.24) is 0 Å². The van der Waals surface area contributed by atoms with Gasteiger partial charge in [-0.25, -0.2) is 11.4 Å². The Hall–Kier alpha value is -3.04. The summed E-state index contributed by atoms with van der Waals surface area (Å²) in [5.74, 6) is 4.68. The number of phenols is 3. The summed E-state index contributed by atoms with van der Waals surface area (Å²) >= 11 is 0. The molecule has 7 N–H and O–H groups in total. The number of aromatic hydroxyl groups is 3. The summed E-state index contributed by atoms with van der Waals surface area (Å²) in [5.41, 5.74) is 8.17. The summed E-state index contributed by atoms with van der Waals surface area (Å²) in [7, 11) is 1.72. The molecule has 0 aliphatic heterocycles. The molecule has 2 rings (SSSR count). The molecule has 0 aliphatic rings. The molecule has 0 aromatic heterocycles. The van der Waals surface area contributed by atoms with Crippen molar-refractivity contribution in [2.45, 2.75) is 0 Å². The van der Waals surface area contributed by atoms with Crippen molar-refractivity contribution in [3.63, 3.8) is 0 Å². The molecule has 0 radical (unpaired) electrons. The van der Waals surface area contributed by atoms with Gasteiger partial charge < -0.3 is 30.4 Å². The maximum Gasteiger partial charge on any atom is 0.145 e. The SMILES string of the molecule is CN(CCON)c1cc(O)c(Nc2ccc(N=N)c(O)c2)cc1O. The molecule has 0 spiro atoms. The summed E-state index contributed by atoms with van der Waals surface area (Å²) in [5, 5.41) is 36.0. The molecule has 0 saturated heterocycles. The number of nitrogens with zero attached hydrogens (tertiary/aromatic N) is 2. The standard InChI is InChI=1S/C15H19N5O4/c1-20(4-5-24-17)12-8-14(22)11(7-15(12)23)18-9-2-3-10(19-16)13(21)6-9/h2-3,6-8,16,18,21-23H,4-5,17H2,1H3. The van der Waals surface area contributed by atoms with E-state index in [0.717, 1.165) is 0 Å². The molecule has 0 unspecified atom stereocenters. The van der Waals surface area contributed by atoms with E-state index >= 15 is 0 Å². The molecule has 9 nitrogen and oxygen atoms in total. The minimum Gasteiger partial charge on any atom is -0.506 e. The molecule has 24 heavy (non-hydrogen) atoms. The van der Waals surface area contributed by atoms with Crippen molar-refractivity contribution in [2.75, 3.05) is 30.4 Å². The van der Waals surface area contributed by atoms with Gasteiger partial charge in [-0.3, -0.25) is 0 Å². The van der Waals surface area contributed by atoms with E-state index in [1.807, 2.05) is 0 Å². The van der Waals surface area contributed by atoms with Crippen LogP contribution in [0.2, 0.25) is 0 Å². The maximum absolute atomic E-state index is 10.2. The van der Waals surface area contributed by atoms with Crippen molar-refractivity contribution in [1.29, 1.82) is 5.53 Å². The number of hydrogen-bond acceptors (Lipinski definition) is 9. The molecule has 9 heteroatoms. The average molecular weight is 333 g/mol. The Balaban J connectivity index is 2.24. The van der Waals surface area contributed by atoms with Crippen LogP contribution in [-0.2, 0) is 4.84 Å². The van der Waals surface area contributed by atoms with Gasteiger partial charge in [0.15, 0.2) is 0 Å². The lowest BCUT2D eigenvalue weighted by Crippen LogP contribution is -2.23. The zero-order chi connectivity index (χ0) is 17.7. The lowest BCUT2D eigenvalue weighted by Gasteiger charge is -2.21. The van der Waals surface area contributed by atoms with Crippen LogP contribution in [0.3, 0.4) is 0 Å². The van der Waals surface area contributed by atoms with Gasteiger partial charge in [-0.05, 0) is 12.1 Å². The number of anilines is 3. The van der Waals surface area contributed by atoms with E-state index in [2.05, 4.69) is 15.3 Å². The zero-order valence-electron chi connectivity index (χ0n) is 13.0. The van der Waals surface area contributed by atoms with Gasteiger partial charge in [-0.1, -0.05) is 0 Å². The van der Waals surface area contributed by atoms with E-state index in [4.69, 9.17) is 11.4 Å². The normalized spacial score (nSPS) is 10.4. The number of phenolic OH excluding ortho intramolecular Hbond substituents is 3. The van der Waals surface area contributed by atoms with Gasteiger partial charge in [0.25, 0.3) is 0 Å². The van der Waals surface area contributed by atoms with Crippen LogP contribution in [0.4, 0.5) is 22.7 Å². The first-order valence-corrected chi connectivity index (χ1v) is 7.02. The van der Waals surface area contributed by atoms with Crippen molar-refractivity contribution >= 4 is 22.7 Å². The smallest absolute Gasteiger partial charge is 0.145 e. The van der Waals surface area contributed by atoms with Crippen LogP contribution < -0.4 is 16.1 Å². The third-order valence-electron chi connectivity index (χ3n) is 3.42. The Morgan fingerprint density at radius 2 is 1.92 bits per heavy atom. The molecular weight excluding hydrogens is 314 g/mol. The fourth-order valence-corrected chi connectivity index (χ4v) is 2.13. The first-order chi connectivity index (χ1) is 11.5. The highest BCUT2D eigenvalue weighted by atomic mass is 16.6. The Kier molecular flexibility index (Phi) is 5.40. The fraction of sp³-hybridized carbons (Fsp3) is 0.200. The van der Waals surface area contributed by atoms with Crippen LogP contribution >= 0.6 is 0 Å². The Morgan fingerprint density at radius 3 is 2.54 bits per heavy atom. The highest BCUT2D eigenvalue weighted by Gasteiger charge is 2.13. The van der Waals surface area contributed by atoms with E-state index in [-0.39, 0.29) is 35.2 Å². The van der Waals surface area contributed by atoms with Crippen molar-refractivity contribution in [3.05, 3.63) is 30.3 Å². The van der Waals surface area contributed by atoms with Crippen molar-refractivity contribution < 1.29 is 20.2 Å². The number of rotatable bonds is 7. The van der Waals surface area contributed by atoms with Gasteiger partial charge in [0.2, 0.25) is 0 Å². The Morgan fingerprint density at radius 1 is 1.17 bits per heavy atom. The Labute approximate surface area is 138 Å². The first kappa shape index (κ1) is 17.3. The minimum absolute atomic E-state index is 0.0446. The van der Waals surface area contributed by atoms with Gasteiger partial charge in [0.05, 0.1) is 18.0 Å². The van der Waals surface area contributed by atoms with Crippen LogP contribution in [0, 0.1) is 5.53 Å². The second kappa shape index (κ2) is 7.49. The van der Waals surface area contributed by atoms with Crippen LogP contribution in [0.15, 0.2) is 35.4 Å². The lowest BCUT2D eigenvalue weighted by molar-refractivity contribution is 0.145. The van der Waals surface area contributed by atoms with Gasteiger partial charge in [-0.15, -0.1) is 0 Å². The third-order valence-corrected chi connectivity index (χ3v) is 3.42. The molecule has 0 aliphatic carbocycles. The second-order valence-corrected chi connectivity index (χ2v) is 5.09. The monoisotopic (exact) mass is 333 g/mol. The molecule has 0 heterocycles. The molecule has 0 fully saturated rings. The number of benzene rings is 2. The first-order valence-electron chi connectivity index (χ1n) is 7.02. The largest absolute Gasteiger partial charge is 0.506 e. The van der Waals surface area contributed by atoms with Crippen LogP contribution in [-0.4, -0.2) is 35.5 Å². The van der Waals surface area contributed by atoms with E-state index < -0.39 is 0 Å². The van der Waals surface area contributed by atoms with Gasteiger partial charge in [-0.2, -0.15) is 5.11 Å². The number of hydrogen-bond donors (Lipinski definition) is 6. The van der Waals surface area contributed by atoms with Crippen LogP contribution in [0.25, 0.3) is 0 Å². The second-order valence-electron chi connectivity index (χ2n) is 5.09. The molecule has 0 amide bonds. The number of nitrogens with one attached hydrogen (secondary N) is 2.